The minimum absolute atomic E-state index is 0.0978. The van der Waals surface area contributed by atoms with Gasteiger partial charge >= 0.3 is 0 Å². The molecule has 0 saturated carbocycles. The van der Waals surface area contributed by atoms with E-state index in [2.05, 4.69) is 5.32 Å². The van der Waals surface area contributed by atoms with E-state index in [0.29, 0.717) is 11.5 Å². The summed E-state index contributed by atoms with van der Waals surface area (Å²) >= 11 is 1.42. The first kappa shape index (κ1) is 18.0. The molecule has 3 aromatic rings. The van der Waals surface area contributed by atoms with Crippen LogP contribution in [0.25, 0.3) is 6.08 Å². The summed E-state index contributed by atoms with van der Waals surface area (Å²) < 4.78 is 5.92. The number of nitrogens with one attached hydrogen (secondary N) is 1. The van der Waals surface area contributed by atoms with Gasteiger partial charge in [-0.3, -0.25) is 4.79 Å². The largest absolute Gasteiger partial charge is 0.488 e. The molecule has 3 rings (SSSR count). The predicted molar refractivity (Wildman–Crippen MR) is 109 cm³/mol. The summed E-state index contributed by atoms with van der Waals surface area (Å²) in [5.41, 5.74) is 3.99. The molecule has 0 aliphatic rings. The van der Waals surface area contributed by atoms with Crippen molar-refractivity contribution in [2.45, 2.75) is 20.5 Å². The molecule has 3 nitrogen and oxygen atoms in total. The highest BCUT2D eigenvalue weighted by molar-refractivity contribution is 7.12. The van der Waals surface area contributed by atoms with Crippen molar-refractivity contribution in [3.63, 3.8) is 0 Å². The Morgan fingerprint density at radius 2 is 1.92 bits per heavy atom. The molecule has 0 bridgehead atoms. The van der Waals surface area contributed by atoms with Crippen molar-refractivity contribution in [2.24, 2.45) is 0 Å². The fourth-order valence-corrected chi connectivity index (χ4v) is 3.28. The number of rotatable bonds is 6. The summed E-state index contributed by atoms with van der Waals surface area (Å²) in [6, 6.07) is 17.6. The maximum Gasteiger partial charge on any atom is 0.265 e. The van der Waals surface area contributed by atoms with E-state index < -0.39 is 0 Å². The third-order valence-electron chi connectivity index (χ3n) is 3.85. The predicted octanol–water partition coefficient (Wildman–Crippen LogP) is 5.92. The summed E-state index contributed by atoms with van der Waals surface area (Å²) in [5.74, 6) is 0.738. The molecule has 1 amide bonds. The first-order valence-electron chi connectivity index (χ1n) is 8.45. The van der Waals surface area contributed by atoms with Gasteiger partial charge in [-0.05, 0) is 43.5 Å². The van der Waals surface area contributed by atoms with E-state index in [-0.39, 0.29) is 5.91 Å². The number of aryl methyl sites for hydroxylation is 1. The number of anilines is 1. The van der Waals surface area contributed by atoms with E-state index in [1.165, 1.54) is 11.3 Å². The molecule has 1 N–H and O–H groups in total. The van der Waals surface area contributed by atoms with Crippen molar-refractivity contribution in [3.8, 4) is 5.75 Å². The lowest BCUT2D eigenvalue weighted by atomic mass is 10.2. The molecule has 0 aliphatic carbocycles. The number of amides is 1. The van der Waals surface area contributed by atoms with E-state index in [0.717, 1.165) is 28.1 Å². The molecule has 4 heteroatoms. The van der Waals surface area contributed by atoms with Crippen LogP contribution in [0.2, 0.25) is 0 Å². The van der Waals surface area contributed by atoms with Crippen LogP contribution < -0.4 is 10.1 Å². The van der Waals surface area contributed by atoms with E-state index in [1.807, 2.05) is 86.0 Å². The van der Waals surface area contributed by atoms with E-state index in [9.17, 15) is 4.79 Å². The Kier molecular flexibility index (Phi) is 5.87. The molecule has 0 fully saturated rings. The Bertz CT molecular complexity index is 910. The highest BCUT2D eigenvalue weighted by Crippen LogP contribution is 2.23. The first-order valence-corrected chi connectivity index (χ1v) is 9.33. The van der Waals surface area contributed by atoms with Crippen molar-refractivity contribution >= 4 is 29.0 Å². The van der Waals surface area contributed by atoms with Gasteiger partial charge in [0.05, 0.1) is 4.88 Å². The van der Waals surface area contributed by atoms with Gasteiger partial charge in [0, 0.05) is 16.8 Å². The van der Waals surface area contributed by atoms with Crippen molar-refractivity contribution in [2.75, 3.05) is 5.32 Å². The van der Waals surface area contributed by atoms with Crippen molar-refractivity contribution in [1.82, 2.24) is 0 Å². The summed E-state index contributed by atoms with van der Waals surface area (Å²) in [7, 11) is 0. The molecular formula is C22H21NO2S. The van der Waals surface area contributed by atoms with Crippen LogP contribution in [-0.4, -0.2) is 5.91 Å². The lowest BCUT2D eigenvalue weighted by Gasteiger charge is -2.08. The number of hydrogen-bond acceptors (Lipinski definition) is 3. The highest BCUT2D eigenvalue weighted by Gasteiger charge is 2.10. The van der Waals surface area contributed by atoms with E-state index in [1.54, 1.807) is 0 Å². The van der Waals surface area contributed by atoms with Crippen molar-refractivity contribution in [1.29, 1.82) is 0 Å². The van der Waals surface area contributed by atoms with E-state index in [4.69, 9.17) is 4.74 Å². The molecule has 26 heavy (non-hydrogen) atoms. The molecule has 1 aromatic heterocycles. The van der Waals surface area contributed by atoms with Gasteiger partial charge in [-0.25, -0.2) is 0 Å². The number of hydrogen-bond donors (Lipinski definition) is 1. The summed E-state index contributed by atoms with van der Waals surface area (Å²) in [6.07, 6.45) is 4.00. The number of thiophene rings is 1. The molecule has 0 atom stereocenters. The smallest absolute Gasteiger partial charge is 0.265 e. The molecule has 0 unspecified atom stereocenters. The Morgan fingerprint density at radius 3 is 2.69 bits per heavy atom. The van der Waals surface area contributed by atoms with Gasteiger partial charge in [0.2, 0.25) is 0 Å². The average Bonchev–Trinajstić information content (AvgIpc) is 3.12. The van der Waals surface area contributed by atoms with Crippen LogP contribution in [0.3, 0.4) is 0 Å². The molecule has 0 saturated heterocycles. The molecule has 132 valence electrons. The SMILES string of the molecule is C/C=C/c1ccccc1OCc1csc(C(=O)Nc2ccc(C)cc2)c1. The molecule has 0 spiro atoms. The zero-order valence-corrected chi connectivity index (χ0v) is 15.7. The third kappa shape index (κ3) is 4.61. The van der Waals surface area contributed by atoms with Gasteiger partial charge in [-0.15, -0.1) is 11.3 Å². The number of benzene rings is 2. The molecular weight excluding hydrogens is 342 g/mol. The van der Waals surface area contributed by atoms with Crippen LogP contribution in [0.1, 0.15) is 33.3 Å². The van der Waals surface area contributed by atoms with Gasteiger partial charge in [-0.2, -0.15) is 0 Å². The highest BCUT2D eigenvalue weighted by atomic mass is 32.1. The molecule has 2 aromatic carbocycles. The summed E-state index contributed by atoms with van der Waals surface area (Å²) in [6.45, 7) is 4.43. The topological polar surface area (TPSA) is 38.3 Å². The van der Waals surface area contributed by atoms with Crippen LogP contribution in [0, 0.1) is 6.92 Å². The van der Waals surface area contributed by atoms with Crippen LogP contribution >= 0.6 is 11.3 Å². The Morgan fingerprint density at radius 1 is 1.15 bits per heavy atom. The Labute approximate surface area is 158 Å². The maximum absolute atomic E-state index is 12.4. The summed E-state index contributed by atoms with van der Waals surface area (Å²) in [5, 5.41) is 4.88. The molecule has 0 radical (unpaired) electrons. The average molecular weight is 363 g/mol. The number of carbonyl (C=O) groups is 1. The zero-order valence-electron chi connectivity index (χ0n) is 14.9. The zero-order chi connectivity index (χ0) is 18.4. The maximum atomic E-state index is 12.4. The standard InChI is InChI=1S/C22H21NO2S/c1-3-6-18-7-4-5-8-20(18)25-14-17-13-21(26-15-17)22(24)23-19-11-9-16(2)10-12-19/h3-13,15H,14H2,1-2H3,(H,23,24)/b6-3+. The second-order valence-electron chi connectivity index (χ2n) is 5.97. The minimum Gasteiger partial charge on any atom is -0.488 e. The lowest BCUT2D eigenvalue weighted by Crippen LogP contribution is -2.10. The lowest BCUT2D eigenvalue weighted by molar-refractivity contribution is 0.103. The minimum atomic E-state index is -0.0978. The van der Waals surface area contributed by atoms with Crippen LogP contribution in [0.5, 0.6) is 5.75 Å². The van der Waals surface area contributed by atoms with Crippen LogP contribution in [0.4, 0.5) is 5.69 Å². The van der Waals surface area contributed by atoms with Crippen molar-refractivity contribution in [3.05, 3.63) is 87.6 Å². The van der Waals surface area contributed by atoms with Gasteiger partial charge in [-0.1, -0.05) is 48.0 Å². The fraction of sp³-hybridized carbons (Fsp3) is 0.136. The summed E-state index contributed by atoms with van der Waals surface area (Å²) in [4.78, 5) is 13.0. The number of ether oxygens (including phenoxy) is 1. The fourth-order valence-electron chi connectivity index (χ4n) is 2.49. The van der Waals surface area contributed by atoms with E-state index >= 15 is 0 Å². The van der Waals surface area contributed by atoms with Crippen LogP contribution in [-0.2, 0) is 6.61 Å². The second-order valence-corrected chi connectivity index (χ2v) is 6.88. The quantitative estimate of drug-likeness (QED) is 0.590. The van der Waals surface area contributed by atoms with Gasteiger partial charge < -0.3 is 10.1 Å². The molecule has 0 aliphatic heterocycles. The third-order valence-corrected chi connectivity index (χ3v) is 4.82. The second kappa shape index (κ2) is 8.50. The number of para-hydroxylation sites is 1. The van der Waals surface area contributed by atoms with Gasteiger partial charge in [0.15, 0.2) is 0 Å². The number of carbonyl (C=O) groups excluding carboxylic acids is 1. The van der Waals surface area contributed by atoms with Crippen molar-refractivity contribution < 1.29 is 9.53 Å². The van der Waals surface area contributed by atoms with Gasteiger partial charge in [0.25, 0.3) is 5.91 Å². The molecule has 1 heterocycles. The monoisotopic (exact) mass is 363 g/mol. The van der Waals surface area contributed by atoms with Crippen LogP contribution in [0.15, 0.2) is 66.1 Å². The normalized spacial score (nSPS) is 10.8. The van der Waals surface area contributed by atoms with Gasteiger partial charge in [0.1, 0.15) is 12.4 Å². The Balaban J connectivity index is 1.63. The number of allylic oxidation sites excluding steroid dienone is 1. The Hall–Kier alpha value is -2.85. The first-order chi connectivity index (χ1) is 12.7.